The molecule has 0 fully saturated rings. The molecule has 0 aliphatic heterocycles. The van der Waals surface area contributed by atoms with Crippen LogP contribution in [0.1, 0.15) is 22.3 Å². The average Bonchev–Trinajstić information content (AvgIpc) is 2.78. The summed E-state index contributed by atoms with van der Waals surface area (Å²) in [6.07, 6.45) is 0. The summed E-state index contributed by atoms with van der Waals surface area (Å²) in [5.74, 6) is -14.4. The number of alkyl halides is 8. The minimum atomic E-state index is -3.69. The summed E-state index contributed by atoms with van der Waals surface area (Å²) in [6.45, 7) is -5.64. The number of rotatable bonds is 16. The first-order valence-corrected chi connectivity index (χ1v) is 11.1. The van der Waals surface area contributed by atoms with Gasteiger partial charge in [0, 0.05) is 11.1 Å². The largest absolute Gasteiger partial charge is 0.368 e. The first kappa shape index (κ1) is 30.9. The Bertz CT molecular complexity index is 873. The number of ether oxygens (including phenoxy) is 4. The van der Waals surface area contributed by atoms with Gasteiger partial charge in [0.1, 0.15) is 46.4 Å². The summed E-state index contributed by atoms with van der Waals surface area (Å²) >= 11 is 0. The number of aryl methyl sites for hydroxylation is 2. The molecular formula is C25H28F8O4. The lowest BCUT2D eigenvalue weighted by atomic mass is 10.1. The average molecular weight is 544 g/mol. The maximum Gasteiger partial charge on any atom is 0.296 e. The number of halogens is 8. The van der Waals surface area contributed by atoms with Crippen LogP contribution < -0.4 is 0 Å². The lowest BCUT2D eigenvalue weighted by Gasteiger charge is -2.21. The molecule has 0 amide bonds. The predicted molar refractivity (Wildman–Crippen MR) is 118 cm³/mol. The van der Waals surface area contributed by atoms with Crippen molar-refractivity contribution in [1.82, 2.24) is 0 Å². The van der Waals surface area contributed by atoms with E-state index in [4.69, 9.17) is 0 Å². The molecule has 2 aromatic carbocycles. The van der Waals surface area contributed by atoms with Gasteiger partial charge in [-0.15, -0.1) is 0 Å². The SMILES string of the molecule is Cc1ccc(C(F)(F)COCC(F)(F)COCOCC(F)(F)COCC(F)(F)c2ccc(C)cc2)cc1. The lowest BCUT2D eigenvalue weighted by Crippen LogP contribution is -2.34. The molecule has 0 N–H and O–H groups in total. The van der Waals surface area contributed by atoms with Crippen LogP contribution in [0.5, 0.6) is 0 Å². The molecule has 12 heteroatoms. The van der Waals surface area contributed by atoms with Crippen molar-refractivity contribution in [2.24, 2.45) is 0 Å². The van der Waals surface area contributed by atoms with Gasteiger partial charge in [0.15, 0.2) is 0 Å². The topological polar surface area (TPSA) is 36.9 Å². The van der Waals surface area contributed by atoms with E-state index in [-0.39, 0.29) is 0 Å². The van der Waals surface area contributed by atoms with E-state index in [1.54, 1.807) is 13.8 Å². The number of hydrogen-bond donors (Lipinski definition) is 0. The van der Waals surface area contributed by atoms with E-state index in [1.165, 1.54) is 24.3 Å². The monoisotopic (exact) mass is 544 g/mol. The Kier molecular flexibility index (Phi) is 10.9. The van der Waals surface area contributed by atoms with Gasteiger partial charge in [0.25, 0.3) is 23.7 Å². The van der Waals surface area contributed by atoms with Crippen LogP contribution in [0.4, 0.5) is 35.1 Å². The van der Waals surface area contributed by atoms with Crippen molar-refractivity contribution < 1.29 is 54.1 Å². The molecule has 0 unspecified atom stereocenters. The van der Waals surface area contributed by atoms with Crippen LogP contribution >= 0.6 is 0 Å². The van der Waals surface area contributed by atoms with Crippen molar-refractivity contribution in [2.45, 2.75) is 37.5 Å². The third-order valence-electron chi connectivity index (χ3n) is 4.93. The molecular weight excluding hydrogens is 516 g/mol. The van der Waals surface area contributed by atoms with Crippen molar-refractivity contribution in [1.29, 1.82) is 0 Å². The molecule has 0 radical (unpaired) electrons. The van der Waals surface area contributed by atoms with Crippen LogP contribution in [-0.2, 0) is 30.8 Å². The van der Waals surface area contributed by atoms with Gasteiger partial charge in [-0.1, -0.05) is 59.7 Å². The molecule has 37 heavy (non-hydrogen) atoms. The van der Waals surface area contributed by atoms with Crippen LogP contribution in [0.15, 0.2) is 48.5 Å². The van der Waals surface area contributed by atoms with E-state index in [1.807, 2.05) is 0 Å². The molecule has 4 nitrogen and oxygen atoms in total. The Hall–Kier alpha value is -2.28. The number of hydrogen-bond acceptors (Lipinski definition) is 4. The van der Waals surface area contributed by atoms with Crippen LogP contribution in [0.3, 0.4) is 0 Å². The van der Waals surface area contributed by atoms with Gasteiger partial charge in [0.05, 0.1) is 0 Å². The first-order valence-electron chi connectivity index (χ1n) is 11.1. The fourth-order valence-electron chi connectivity index (χ4n) is 2.94. The second-order valence-electron chi connectivity index (χ2n) is 8.65. The Morgan fingerprint density at radius 2 is 0.757 bits per heavy atom. The molecule has 208 valence electrons. The van der Waals surface area contributed by atoms with E-state index >= 15 is 0 Å². The second-order valence-corrected chi connectivity index (χ2v) is 8.65. The summed E-state index contributed by atoms with van der Waals surface area (Å²) in [5.41, 5.74) is 0.706. The molecule has 0 heterocycles. The van der Waals surface area contributed by atoms with Gasteiger partial charge in [-0.25, -0.2) is 17.6 Å². The van der Waals surface area contributed by atoms with Crippen LogP contribution in [0.2, 0.25) is 0 Å². The minimum Gasteiger partial charge on any atom is -0.368 e. The molecule has 0 aromatic heterocycles. The molecule has 0 aliphatic carbocycles. The van der Waals surface area contributed by atoms with Gasteiger partial charge >= 0.3 is 0 Å². The quantitative estimate of drug-likeness (QED) is 0.138. The second kappa shape index (κ2) is 13.0. The van der Waals surface area contributed by atoms with Crippen molar-refractivity contribution in [3.63, 3.8) is 0 Å². The van der Waals surface area contributed by atoms with Gasteiger partial charge in [-0.2, -0.15) is 17.6 Å². The fourth-order valence-corrected chi connectivity index (χ4v) is 2.94. The zero-order chi connectivity index (χ0) is 27.7. The standard InChI is InChI=1S/C25H28F8O4/c1-18-3-7-20(8-4-18)24(30,31)15-34-11-22(26,27)13-36-17-37-14-23(28,29)12-35-16-25(32,33)21-9-5-19(2)6-10-21/h3-10H,11-17H2,1-2H3. The van der Waals surface area contributed by atoms with Crippen LogP contribution in [0.25, 0.3) is 0 Å². The van der Waals surface area contributed by atoms with E-state index in [0.717, 1.165) is 35.4 Å². The summed E-state index contributed by atoms with van der Waals surface area (Å²) < 4.78 is 129. The van der Waals surface area contributed by atoms with Gasteiger partial charge in [-0.3, -0.25) is 0 Å². The molecule has 2 aromatic rings. The van der Waals surface area contributed by atoms with E-state index < -0.39 is 81.3 Å². The molecule has 0 spiro atoms. The maximum absolute atomic E-state index is 14.0. The smallest absolute Gasteiger partial charge is 0.296 e. The van der Waals surface area contributed by atoms with Crippen molar-refractivity contribution in [2.75, 3.05) is 46.4 Å². The van der Waals surface area contributed by atoms with Gasteiger partial charge in [-0.05, 0) is 13.8 Å². The highest BCUT2D eigenvalue weighted by Gasteiger charge is 2.37. The summed E-state index contributed by atoms with van der Waals surface area (Å²) in [7, 11) is 0. The van der Waals surface area contributed by atoms with E-state index in [9.17, 15) is 35.1 Å². The lowest BCUT2D eigenvalue weighted by molar-refractivity contribution is -0.195. The molecule has 0 saturated carbocycles. The molecule has 2 rings (SSSR count). The highest BCUT2D eigenvalue weighted by atomic mass is 19.3. The van der Waals surface area contributed by atoms with Gasteiger partial charge < -0.3 is 18.9 Å². The minimum absolute atomic E-state index is 0.394. The highest BCUT2D eigenvalue weighted by Crippen LogP contribution is 2.30. The Balaban J connectivity index is 1.63. The van der Waals surface area contributed by atoms with Crippen molar-refractivity contribution in [3.05, 3.63) is 70.8 Å². The number of benzene rings is 2. The molecule has 0 saturated heterocycles. The van der Waals surface area contributed by atoms with E-state index in [2.05, 4.69) is 18.9 Å². The molecule has 0 bridgehead atoms. The Morgan fingerprint density at radius 3 is 1.08 bits per heavy atom. The summed E-state index contributed by atoms with van der Waals surface area (Å²) in [6, 6.07) is 10.4. The Labute approximate surface area is 209 Å². The zero-order valence-corrected chi connectivity index (χ0v) is 20.2. The zero-order valence-electron chi connectivity index (χ0n) is 20.2. The van der Waals surface area contributed by atoms with Gasteiger partial charge in [0.2, 0.25) is 0 Å². The van der Waals surface area contributed by atoms with Crippen LogP contribution in [-0.4, -0.2) is 58.3 Å². The maximum atomic E-state index is 14.0. The molecule has 0 aliphatic rings. The summed E-state index contributed by atoms with van der Waals surface area (Å²) in [4.78, 5) is 0. The van der Waals surface area contributed by atoms with Crippen molar-refractivity contribution in [3.8, 4) is 0 Å². The third-order valence-corrected chi connectivity index (χ3v) is 4.93. The van der Waals surface area contributed by atoms with Crippen molar-refractivity contribution >= 4 is 0 Å². The molecule has 0 atom stereocenters. The predicted octanol–water partition coefficient (Wildman–Crippen LogP) is 6.48. The third kappa shape index (κ3) is 10.9. The first-order chi connectivity index (χ1) is 17.1. The Morgan fingerprint density at radius 1 is 0.459 bits per heavy atom. The normalized spacial score (nSPS) is 13.2. The fraction of sp³-hybridized carbons (Fsp3) is 0.520. The van der Waals surface area contributed by atoms with Crippen LogP contribution in [0, 0.1) is 13.8 Å². The van der Waals surface area contributed by atoms with E-state index in [0.29, 0.717) is 0 Å². The summed E-state index contributed by atoms with van der Waals surface area (Å²) in [5, 5.41) is 0. The highest BCUT2D eigenvalue weighted by molar-refractivity contribution is 5.25.